The molecule has 1 unspecified atom stereocenters. The molecule has 1 fully saturated rings. The second-order valence-electron chi connectivity index (χ2n) is 4.96. The molecule has 5 heteroatoms. The van der Waals surface area contributed by atoms with Gasteiger partial charge in [0, 0.05) is 13.1 Å². The minimum absolute atomic E-state index is 0.00677. The molecule has 1 aliphatic heterocycles. The number of halogens is 2. The van der Waals surface area contributed by atoms with Crippen LogP contribution in [0.4, 0.5) is 8.78 Å². The molecule has 19 heavy (non-hydrogen) atoms. The Morgan fingerprint density at radius 1 is 1.37 bits per heavy atom. The zero-order chi connectivity index (χ0) is 13.9. The van der Waals surface area contributed by atoms with Crippen LogP contribution in [0.25, 0.3) is 0 Å². The molecule has 106 valence electrons. The van der Waals surface area contributed by atoms with E-state index in [2.05, 4.69) is 4.90 Å². The van der Waals surface area contributed by atoms with Crippen LogP contribution >= 0.6 is 0 Å². The second-order valence-corrected chi connectivity index (χ2v) is 4.96. The van der Waals surface area contributed by atoms with Gasteiger partial charge in [0.05, 0.1) is 25.4 Å². The van der Waals surface area contributed by atoms with Gasteiger partial charge < -0.3 is 9.84 Å². The van der Waals surface area contributed by atoms with E-state index in [-0.39, 0.29) is 6.61 Å². The Morgan fingerprint density at radius 2 is 2.16 bits per heavy atom. The molecule has 1 aromatic rings. The molecule has 0 saturated carbocycles. The largest absolute Gasteiger partial charge is 0.394 e. The van der Waals surface area contributed by atoms with E-state index in [9.17, 15) is 13.9 Å². The third-order valence-corrected chi connectivity index (χ3v) is 3.86. The molecular formula is C14H19F2NO2. The van der Waals surface area contributed by atoms with Gasteiger partial charge in [0.25, 0.3) is 0 Å². The maximum atomic E-state index is 13.2. The highest BCUT2D eigenvalue weighted by molar-refractivity contribution is 5.18. The molecule has 1 atom stereocenters. The summed E-state index contributed by atoms with van der Waals surface area (Å²) in [7, 11) is 0. The van der Waals surface area contributed by atoms with E-state index in [0.717, 1.165) is 12.5 Å². The summed E-state index contributed by atoms with van der Waals surface area (Å²) in [5, 5.41) is 9.63. The fraction of sp³-hybridized carbons (Fsp3) is 0.571. The van der Waals surface area contributed by atoms with Crippen LogP contribution in [0.2, 0.25) is 0 Å². The second kappa shape index (κ2) is 5.94. The fourth-order valence-corrected chi connectivity index (χ4v) is 2.45. The number of rotatable bonds is 4. The third-order valence-electron chi connectivity index (χ3n) is 3.86. The maximum Gasteiger partial charge on any atom is 0.159 e. The highest BCUT2D eigenvalue weighted by atomic mass is 19.2. The van der Waals surface area contributed by atoms with Crippen molar-refractivity contribution in [3.63, 3.8) is 0 Å². The first-order valence-corrected chi connectivity index (χ1v) is 6.49. The topological polar surface area (TPSA) is 32.7 Å². The summed E-state index contributed by atoms with van der Waals surface area (Å²) in [6.45, 7) is 4.19. The summed E-state index contributed by atoms with van der Waals surface area (Å²) in [6.07, 6.45) is 0.743. The lowest BCUT2D eigenvalue weighted by atomic mass is 9.93. The van der Waals surface area contributed by atoms with Gasteiger partial charge in [0.1, 0.15) is 0 Å². The van der Waals surface area contributed by atoms with E-state index in [1.54, 1.807) is 6.07 Å². The van der Waals surface area contributed by atoms with Crippen molar-refractivity contribution in [3.8, 4) is 0 Å². The molecule has 0 aromatic heterocycles. The van der Waals surface area contributed by atoms with Crippen molar-refractivity contribution >= 4 is 0 Å². The highest BCUT2D eigenvalue weighted by Crippen LogP contribution is 2.26. The number of aliphatic hydroxyl groups is 1. The van der Waals surface area contributed by atoms with E-state index >= 15 is 0 Å². The van der Waals surface area contributed by atoms with Crippen LogP contribution in [0.5, 0.6) is 0 Å². The normalized spacial score (nSPS) is 24.6. The van der Waals surface area contributed by atoms with Crippen LogP contribution in [0.3, 0.4) is 0 Å². The van der Waals surface area contributed by atoms with Crippen LogP contribution in [-0.4, -0.2) is 41.9 Å². The number of hydrogen-bond acceptors (Lipinski definition) is 3. The maximum absolute atomic E-state index is 13.2. The van der Waals surface area contributed by atoms with Crippen molar-refractivity contribution in [2.75, 3.05) is 26.4 Å². The first kappa shape index (κ1) is 14.4. The minimum atomic E-state index is -0.838. The van der Waals surface area contributed by atoms with Crippen LogP contribution < -0.4 is 0 Å². The van der Waals surface area contributed by atoms with Gasteiger partial charge in [0.2, 0.25) is 0 Å². The van der Waals surface area contributed by atoms with Crippen LogP contribution in [0.1, 0.15) is 18.9 Å². The molecule has 1 heterocycles. The molecular weight excluding hydrogens is 252 g/mol. The molecule has 1 aromatic carbocycles. The molecule has 0 amide bonds. The summed E-state index contributed by atoms with van der Waals surface area (Å²) < 4.78 is 31.6. The quantitative estimate of drug-likeness (QED) is 0.908. The Labute approximate surface area is 111 Å². The van der Waals surface area contributed by atoms with Gasteiger partial charge in [-0.1, -0.05) is 13.0 Å². The van der Waals surface area contributed by atoms with Crippen LogP contribution in [-0.2, 0) is 11.3 Å². The Balaban J connectivity index is 2.17. The lowest BCUT2D eigenvalue weighted by Gasteiger charge is -2.45. The summed E-state index contributed by atoms with van der Waals surface area (Å²) in [6, 6.07) is 3.92. The van der Waals surface area contributed by atoms with E-state index in [0.29, 0.717) is 31.9 Å². The zero-order valence-electron chi connectivity index (χ0n) is 11.0. The molecule has 1 aliphatic rings. The third kappa shape index (κ3) is 2.94. The average molecular weight is 271 g/mol. The van der Waals surface area contributed by atoms with Crippen molar-refractivity contribution in [1.82, 2.24) is 4.90 Å². The predicted octanol–water partition coefficient (Wildman–Crippen LogP) is 1.94. The molecule has 2 rings (SSSR count). The molecule has 1 N–H and O–H groups in total. The van der Waals surface area contributed by atoms with E-state index in [1.165, 1.54) is 6.07 Å². The lowest BCUT2D eigenvalue weighted by molar-refractivity contribution is -0.0974. The lowest BCUT2D eigenvalue weighted by Crippen LogP contribution is -2.58. The number of ether oxygens (including phenoxy) is 1. The summed E-state index contributed by atoms with van der Waals surface area (Å²) in [5.74, 6) is -1.67. The van der Waals surface area contributed by atoms with E-state index < -0.39 is 17.2 Å². The zero-order valence-corrected chi connectivity index (χ0v) is 11.0. The Kier molecular flexibility index (Phi) is 4.50. The Morgan fingerprint density at radius 3 is 2.79 bits per heavy atom. The van der Waals surface area contributed by atoms with Crippen LogP contribution in [0, 0.1) is 11.6 Å². The van der Waals surface area contributed by atoms with Gasteiger partial charge in [-0.15, -0.1) is 0 Å². The molecule has 0 bridgehead atoms. The van der Waals surface area contributed by atoms with Crippen molar-refractivity contribution < 1.29 is 18.6 Å². The van der Waals surface area contributed by atoms with Crippen molar-refractivity contribution in [3.05, 3.63) is 35.4 Å². The average Bonchev–Trinajstić information content (AvgIpc) is 2.44. The standard InChI is InChI=1S/C14H19F2NO2/c1-2-14(9-18)10-19-6-5-17(14)8-11-3-4-12(15)13(16)7-11/h3-4,7,18H,2,5-6,8-10H2,1H3. The molecule has 1 saturated heterocycles. The highest BCUT2D eigenvalue weighted by Gasteiger charge is 2.37. The van der Waals surface area contributed by atoms with E-state index in [1.807, 2.05) is 6.92 Å². The molecule has 0 aliphatic carbocycles. The van der Waals surface area contributed by atoms with Gasteiger partial charge in [-0.05, 0) is 24.1 Å². The van der Waals surface area contributed by atoms with Gasteiger partial charge in [-0.3, -0.25) is 4.90 Å². The first-order chi connectivity index (χ1) is 9.11. The molecule has 3 nitrogen and oxygen atoms in total. The van der Waals surface area contributed by atoms with E-state index in [4.69, 9.17) is 4.74 Å². The summed E-state index contributed by atoms with van der Waals surface area (Å²) in [4.78, 5) is 2.09. The number of hydrogen-bond donors (Lipinski definition) is 1. The summed E-state index contributed by atoms with van der Waals surface area (Å²) >= 11 is 0. The molecule has 0 spiro atoms. The van der Waals surface area contributed by atoms with Crippen molar-refractivity contribution in [2.45, 2.75) is 25.4 Å². The van der Waals surface area contributed by atoms with Crippen LogP contribution in [0.15, 0.2) is 18.2 Å². The van der Waals surface area contributed by atoms with Crippen molar-refractivity contribution in [1.29, 1.82) is 0 Å². The monoisotopic (exact) mass is 271 g/mol. The Hall–Kier alpha value is -1.04. The number of aliphatic hydroxyl groups excluding tert-OH is 1. The SMILES string of the molecule is CCC1(CO)COCCN1Cc1ccc(F)c(F)c1. The fourth-order valence-electron chi connectivity index (χ4n) is 2.45. The van der Waals surface area contributed by atoms with Gasteiger partial charge in [-0.2, -0.15) is 0 Å². The van der Waals surface area contributed by atoms with Crippen molar-refractivity contribution in [2.24, 2.45) is 0 Å². The van der Waals surface area contributed by atoms with Gasteiger partial charge >= 0.3 is 0 Å². The summed E-state index contributed by atoms with van der Waals surface area (Å²) in [5.41, 5.74) is 0.274. The number of benzene rings is 1. The number of nitrogens with zero attached hydrogens (tertiary/aromatic N) is 1. The number of morpholine rings is 1. The first-order valence-electron chi connectivity index (χ1n) is 6.49. The van der Waals surface area contributed by atoms with Gasteiger partial charge in [-0.25, -0.2) is 8.78 Å². The smallest absolute Gasteiger partial charge is 0.159 e. The Bertz CT molecular complexity index is 435. The minimum Gasteiger partial charge on any atom is -0.394 e. The predicted molar refractivity (Wildman–Crippen MR) is 67.7 cm³/mol. The molecule has 0 radical (unpaired) electrons. The van der Waals surface area contributed by atoms with Gasteiger partial charge in [0.15, 0.2) is 11.6 Å².